The standard InChI is InChI=1S/C14H21N3O2/c1-9-6-5-7-10(2)13(9)16-12(18)8-17(4)11(3)14(15)19/h5-7,11H,8H2,1-4H3,(H2,15,19)(H,16,18)/t11-/m1/s1. The smallest absolute Gasteiger partial charge is 0.238 e. The molecule has 0 aliphatic heterocycles. The molecule has 0 radical (unpaired) electrons. The number of aryl methyl sites for hydroxylation is 2. The lowest BCUT2D eigenvalue weighted by Crippen LogP contribution is -2.43. The van der Waals surface area contributed by atoms with E-state index in [9.17, 15) is 9.59 Å². The number of amides is 2. The highest BCUT2D eigenvalue weighted by molar-refractivity contribution is 5.94. The van der Waals surface area contributed by atoms with Gasteiger partial charge in [0.1, 0.15) is 0 Å². The lowest BCUT2D eigenvalue weighted by molar-refractivity contribution is -0.123. The number of nitrogens with zero attached hydrogens (tertiary/aromatic N) is 1. The Morgan fingerprint density at radius 1 is 1.32 bits per heavy atom. The van der Waals surface area contributed by atoms with Crippen molar-refractivity contribution in [1.82, 2.24) is 4.90 Å². The largest absolute Gasteiger partial charge is 0.368 e. The van der Waals surface area contributed by atoms with Crippen LogP contribution < -0.4 is 11.1 Å². The molecule has 0 saturated heterocycles. The molecule has 0 bridgehead atoms. The average molecular weight is 263 g/mol. The van der Waals surface area contributed by atoms with Gasteiger partial charge >= 0.3 is 0 Å². The molecule has 0 fully saturated rings. The Bertz CT molecular complexity index is 465. The number of para-hydroxylation sites is 1. The number of hydrogen-bond donors (Lipinski definition) is 2. The Morgan fingerprint density at radius 2 is 1.84 bits per heavy atom. The highest BCUT2D eigenvalue weighted by Crippen LogP contribution is 2.19. The van der Waals surface area contributed by atoms with Crippen molar-refractivity contribution < 1.29 is 9.59 Å². The first-order valence-corrected chi connectivity index (χ1v) is 6.18. The molecule has 0 saturated carbocycles. The zero-order valence-corrected chi connectivity index (χ0v) is 11.9. The summed E-state index contributed by atoms with van der Waals surface area (Å²) in [7, 11) is 1.69. The third-order valence-electron chi connectivity index (χ3n) is 3.21. The van der Waals surface area contributed by atoms with Gasteiger partial charge in [-0.15, -0.1) is 0 Å². The van der Waals surface area contributed by atoms with E-state index in [4.69, 9.17) is 5.73 Å². The molecule has 5 nitrogen and oxygen atoms in total. The maximum absolute atomic E-state index is 11.9. The molecule has 5 heteroatoms. The van der Waals surface area contributed by atoms with E-state index in [1.165, 1.54) is 0 Å². The van der Waals surface area contributed by atoms with E-state index < -0.39 is 11.9 Å². The van der Waals surface area contributed by atoms with Gasteiger partial charge in [0.25, 0.3) is 0 Å². The van der Waals surface area contributed by atoms with Crippen LogP contribution in [0.25, 0.3) is 0 Å². The molecule has 1 rings (SSSR count). The van der Waals surface area contributed by atoms with Crippen molar-refractivity contribution in [3.63, 3.8) is 0 Å². The van der Waals surface area contributed by atoms with Crippen LogP contribution in [-0.2, 0) is 9.59 Å². The maximum Gasteiger partial charge on any atom is 0.238 e. The van der Waals surface area contributed by atoms with Crippen LogP contribution in [0.1, 0.15) is 18.1 Å². The van der Waals surface area contributed by atoms with Crippen LogP contribution in [0.4, 0.5) is 5.69 Å². The van der Waals surface area contributed by atoms with Crippen LogP contribution in [0.2, 0.25) is 0 Å². The summed E-state index contributed by atoms with van der Waals surface area (Å²) < 4.78 is 0. The minimum atomic E-state index is -0.469. The van der Waals surface area contributed by atoms with Gasteiger partial charge in [0, 0.05) is 5.69 Å². The van der Waals surface area contributed by atoms with E-state index in [0.29, 0.717) is 0 Å². The van der Waals surface area contributed by atoms with E-state index >= 15 is 0 Å². The molecular weight excluding hydrogens is 242 g/mol. The number of anilines is 1. The van der Waals surface area contributed by atoms with Crippen molar-refractivity contribution in [2.24, 2.45) is 5.73 Å². The Morgan fingerprint density at radius 3 is 2.32 bits per heavy atom. The molecule has 0 spiro atoms. The fraction of sp³-hybridized carbons (Fsp3) is 0.429. The third kappa shape index (κ3) is 4.06. The normalized spacial score (nSPS) is 12.3. The highest BCUT2D eigenvalue weighted by Gasteiger charge is 2.18. The van der Waals surface area contributed by atoms with E-state index in [1.54, 1.807) is 18.9 Å². The third-order valence-corrected chi connectivity index (χ3v) is 3.21. The number of nitrogens with one attached hydrogen (secondary N) is 1. The molecule has 0 aliphatic carbocycles. The van der Waals surface area contributed by atoms with Crippen LogP contribution in [0.3, 0.4) is 0 Å². The second-order valence-electron chi connectivity index (χ2n) is 4.81. The van der Waals surface area contributed by atoms with E-state index in [1.807, 2.05) is 32.0 Å². The van der Waals surface area contributed by atoms with Crippen LogP contribution in [0.5, 0.6) is 0 Å². The minimum absolute atomic E-state index is 0.123. The zero-order chi connectivity index (χ0) is 14.6. The lowest BCUT2D eigenvalue weighted by Gasteiger charge is -2.21. The van der Waals surface area contributed by atoms with E-state index in [2.05, 4.69) is 5.32 Å². The maximum atomic E-state index is 11.9. The summed E-state index contributed by atoms with van der Waals surface area (Å²) in [5, 5.41) is 2.87. The molecule has 1 aromatic carbocycles. The number of carbonyl (C=O) groups is 2. The molecular formula is C14H21N3O2. The molecule has 1 atom stereocenters. The molecule has 3 N–H and O–H groups in total. The van der Waals surface area contributed by atoms with Gasteiger partial charge in [-0.1, -0.05) is 18.2 Å². The summed E-state index contributed by atoms with van der Waals surface area (Å²) >= 11 is 0. The molecule has 0 unspecified atom stereocenters. The first-order valence-electron chi connectivity index (χ1n) is 6.18. The van der Waals surface area contributed by atoms with Gasteiger partial charge in [-0.25, -0.2) is 0 Å². The number of likely N-dealkylation sites (N-methyl/N-ethyl adjacent to an activating group) is 1. The SMILES string of the molecule is Cc1cccc(C)c1NC(=O)CN(C)[C@H](C)C(N)=O. The van der Waals surface area contributed by atoms with Crippen molar-refractivity contribution in [3.8, 4) is 0 Å². The molecule has 1 aromatic rings. The summed E-state index contributed by atoms with van der Waals surface area (Å²) in [6, 6.07) is 5.36. The first kappa shape index (κ1) is 15.2. The lowest BCUT2D eigenvalue weighted by atomic mass is 10.1. The van der Waals surface area contributed by atoms with Gasteiger partial charge in [-0.2, -0.15) is 0 Å². The zero-order valence-electron chi connectivity index (χ0n) is 11.9. The second-order valence-corrected chi connectivity index (χ2v) is 4.81. The van der Waals surface area contributed by atoms with Crippen LogP contribution in [0, 0.1) is 13.8 Å². The minimum Gasteiger partial charge on any atom is -0.368 e. The van der Waals surface area contributed by atoms with Crippen molar-refractivity contribution in [2.75, 3.05) is 18.9 Å². The Balaban J connectivity index is 2.68. The molecule has 0 aliphatic rings. The van der Waals surface area contributed by atoms with Gasteiger partial charge in [0.15, 0.2) is 0 Å². The fourth-order valence-electron chi connectivity index (χ4n) is 1.77. The van der Waals surface area contributed by atoms with Crippen molar-refractivity contribution >= 4 is 17.5 Å². The van der Waals surface area contributed by atoms with Gasteiger partial charge in [0.2, 0.25) is 11.8 Å². The Hall–Kier alpha value is -1.88. The van der Waals surface area contributed by atoms with Gasteiger partial charge in [0.05, 0.1) is 12.6 Å². The number of rotatable bonds is 5. The summed E-state index contributed by atoms with van der Waals surface area (Å²) in [5.41, 5.74) is 8.05. The molecule has 104 valence electrons. The topological polar surface area (TPSA) is 75.4 Å². The number of primary amides is 1. The number of carbonyl (C=O) groups excluding carboxylic acids is 2. The summed E-state index contributed by atoms with van der Waals surface area (Å²) in [6.07, 6.45) is 0. The Labute approximate surface area is 113 Å². The number of hydrogen-bond acceptors (Lipinski definition) is 3. The van der Waals surface area contributed by atoms with E-state index in [0.717, 1.165) is 16.8 Å². The molecule has 19 heavy (non-hydrogen) atoms. The first-order chi connectivity index (χ1) is 8.82. The van der Waals surface area contributed by atoms with Crippen LogP contribution >= 0.6 is 0 Å². The van der Waals surface area contributed by atoms with Gasteiger partial charge in [-0.05, 0) is 38.9 Å². The number of benzene rings is 1. The number of nitrogens with two attached hydrogens (primary N) is 1. The predicted octanol–water partition coefficient (Wildman–Crippen LogP) is 1.05. The van der Waals surface area contributed by atoms with E-state index in [-0.39, 0.29) is 12.5 Å². The van der Waals surface area contributed by atoms with Crippen LogP contribution in [0.15, 0.2) is 18.2 Å². The quantitative estimate of drug-likeness (QED) is 0.833. The summed E-state index contributed by atoms with van der Waals surface area (Å²) in [5.74, 6) is -0.602. The average Bonchev–Trinajstić information content (AvgIpc) is 2.32. The fourth-order valence-corrected chi connectivity index (χ4v) is 1.77. The highest BCUT2D eigenvalue weighted by atomic mass is 16.2. The second kappa shape index (κ2) is 6.33. The summed E-state index contributed by atoms with van der Waals surface area (Å²) in [6.45, 7) is 5.68. The van der Waals surface area contributed by atoms with Gasteiger partial charge in [-0.3, -0.25) is 14.5 Å². The molecule has 0 aromatic heterocycles. The molecule has 2 amide bonds. The monoisotopic (exact) mass is 263 g/mol. The van der Waals surface area contributed by atoms with Gasteiger partial charge < -0.3 is 11.1 Å². The van der Waals surface area contributed by atoms with Crippen molar-refractivity contribution in [2.45, 2.75) is 26.8 Å². The van der Waals surface area contributed by atoms with Crippen molar-refractivity contribution in [3.05, 3.63) is 29.3 Å². The van der Waals surface area contributed by atoms with Crippen molar-refractivity contribution in [1.29, 1.82) is 0 Å². The molecule has 0 heterocycles. The van der Waals surface area contributed by atoms with Crippen LogP contribution in [-0.4, -0.2) is 36.3 Å². The predicted molar refractivity (Wildman–Crippen MR) is 75.8 cm³/mol. The summed E-state index contributed by atoms with van der Waals surface area (Å²) in [4.78, 5) is 24.6. The Kier molecular flexibility index (Phi) is 5.06.